The van der Waals surface area contributed by atoms with Crippen molar-refractivity contribution >= 4 is 17.1 Å². The molecule has 0 N–H and O–H groups in total. The first-order valence-corrected chi connectivity index (χ1v) is 19.5. The average molecular weight is 780 g/mol. The van der Waals surface area contributed by atoms with Crippen molar-refractivity contribution in [3.05, 3.63) is 234 Å². The molecule has 0 radical (unpaired) electrons. The molecule has 0 aliphatic rings. The molecule has 0 spiro atoms. The van der Waals surface area contributed by atoms with E-state index >= 15 is 0 Å². The van der Waals surface area contributed by atoms with E-state index in [0.29, 0.717) is 17.1 Å². The average Bonchev–Trinajstić information content (AvgIpc) is 3.34. The zero-order valence-electron chi connectivity index (χ0n) is 32.7. The molecule has 3 aromatic heterocycles. The summed E-state index contributed by atoms with van der Waals surface area (Å²) in [6.07, 6.45) is 0. The summed E-state index contributed by atoms with van der Waals surface area (Å²) in [4.78, 5) is 2.18. The number of anilines is 3. The van der Waals surface area contributed by atoms with Gasteiger partial charge in [0.1, 0.15) is 17.1 Å². The number of hydrogen-bond donors (Lipinski definition) is 0. The Morgan fingerprint density at radius 3 is 0.770 bits per heavy atom. The van der Waals surface area contributed by atoms with Crippen LogP contribution in [0, 0.1) is 35.5 Å². The Morgan fingerprint density at radius 1 is 0.246 bits per heavy atom. The zero-order valence-corrected chi connectivity index (χ0v) is 32.7. The highest BCUT2D eigenvalue weighted by Gasteiger charge is 2.13. The van der Waals surface area contributed by atoms with Gasteiger partial charge in [-0.3, -0.25) is 0 Å². The Labute approximate surface area is 354 Å². The van der Waals surface area contributed by atoms with Crippen molar-refractivity contribution in [1.29, 1.82) is 0 Å². The smallest absolute Gasteiger partial charge is 0.136 e. The maximum Gasteiger partial charge on any atom is 0.136 e. The van der Waals surface area contributed by atoms with E-state index in [1.54, 1.807) is 0 Å². The Kier molecular flexibility index (Phi) is 11.2. The fourth-order valence-electron chi connectivity index (χ4n) is 6.42. The van der Waals surface area contributed by atoms with Crippen LogP contribution >= 0.6 is 0 Å². The molecule has 0 saturated carbocycles. The highest BCUT2D eigenvalue weighted by atomic mass is 15.1. The lowest BCUT2D eigenvalue weighted by Crippen LogP contribution is -2.10. The lowest BCUT2D eigenvalue weighted by atomic mass is 10.1. The first-order chi connectivity index (χ1) is 30.2. The highest BCUT2D eigenvalue weighted by Crippen LogP contribution is 2.35. The monoisotopic (exact) mass is 779 g/mol. The molecule has 7 heteroatoms. The normalized spacial score (nSPS) is 10.2. The Bertz CT molecular complexity index is 2720. The van der Waals surface area contributed by atoms with Crippen molar-refractivity contribution in [2.45, 2.75) is 0 Å². The molecule has 0 amide bonds. The predicted molar refractivity (Wildman–Crippen MR) is 241 cm³/mol. The fraction of sp³-hybridized carbons (Fsp3) is 0. The molecule has 0 aliphatic carbocycles. The second-order valence-corrected chi connectivity index (χ2v) is 13.7. The summed E-state index contributed by atoms with van der Waals surface area (Å²) >= 11 is 0. The Balaban J connectivity index is 0.957. The van der Waals surface area contributed by atoms with E-state index in [1.807, 2.05) is 164 Å². The minimum absolute atomic E-state index is 0.601. The van der Waals surface area contributed by atoms with Gasteiger partial charge in [-0.1, -0.05) is 109 Å². The van der Waals surface area contributed by atoms with Crippen LogP contribution in [-0.2, 0) is 0 Å². The molecule has 0 atom stereocenters. The molecule has 284 valence electrons. The van der Waals surface area contributed by atoms with E-state index in [4.69, 9.17) is 0 Å². The molecular weight excluding hydrogens is 747 g/mol. The summed E-state index contributed by atoms with van der Waals surface area (Å²) in [6.45, 7) is 0. The molecule has 6 aromatic carbocycles. The van der Waals surface area contributed by atoms with Crippen molar-refractivity contribution in [3.63, 3.8) is 0 Å². The summed E-state index contributed by atoms with van der Waals surface area (Å²) in [6, 6.07) is 65.8. The maximum absolute atomic E-state index is 4.37. The lowest BCUT2D eigenvalue weighted by molar-refractivity contribution is 1.02. The summed E-state index contributed by atoms with van der Waals surface area (Å²) in [7, 11) is 0. The van der Waals surface area contributed by atoms with Gasteiger partial charge < -0.3 is 4.90 Å². The molecule has 0 saturated heterocycles. The van der Waals surface area contributed by atoms with Gasteiger partial charge in [-0.05, 0) is 127 Å². The van der Waals surface area contributed by atoms with Gasteiger partial charge in [-0.25, -0.2) is 0 Å². The Hall–Kier alpha value is -8.96. The van der Waals surface area contributed by atoms with Crippen molar-refractivity contribution in [2.24, 2.45) is 0 Å². The van der Waals surface area contributed by atoms with Crippen LogP contribution in [0.25, 0.3) is 33.8 Å². The first kappa shape index (κ1) is 37.6. The fourth-order valence-corrected chi connectivity index (χ4v) is 6.42. The SMILES string of the molecule is C(#Cc1ccc(-c2ccccc2)nn1)c1ccc(N(c2ccc(C#Cc3ccc(-c4ccccc4)nn3)cc2)c2ccc(C#Cc3ccc(-c4ccccc4)nn3)cc2)cc1. The van der Waals surface area contributed by atoms with E-state index in [1.165, 1.54) is 0 Å². The second kappa shape index (κ2) is 18.1. The summed E-state index contributed by atoms with van der Waals surface area (Å²) in [5, 5.41) is 26.1. The van der Waals surface area contributed by atoms with Crippen molar-refractivity contribution in [1.82, 2.24) is 30.6 Å². The van der Waals surface area contributed by atoms with Gasteiger partial charge in [0.05, 0.1) is 17.1 Å². The number of nitrogens with zero attached hydrogens (tertiary/aromatic N) is 7. The van der Waals surface area contributed by atoms with Gasteiger partial charge in [-0.2, -0.15) is 0 Å². The molecule has 0 aliphatic heterocycles. The van der Waals surface area contributed by atoms with E-state index < -0.39 is 0 Å². The third-order valence-corrected chi connectivity index (χ3v) is 9.58. The van der Waals surface area contributed by atoms with E-state index in [-0.39, 0.29) is 0 Å². The molecular formula is C54H33N7. The number of rotatable bonds is 6. The van der Waals surface area contributed by atoms with Crippen LogP contribution in [-0.4, -0.2) is 30.6 Å². The van der Waals surface area contributed by atoms with Crippen LogP contribution in [0.5, 0.6) is 0 Å². The zero-order chi connectivity index (χ0) is 41.1. The molecule has 9 rings (SSSR count). The lowest BCUT2D eigenvalue weighted by Gasteiger charge is -2.25. The third-order valence-electron chi connectivity index (χ3n) is 9.58. The highest BCUT2D eigenvalue weighted by molar-refractivity contribution is 5.77. The standard InChI is InChI=1S/C54H33N7/c1-4-10-43(11-5-1)52-37-28-46(55-58-52)25-16-40-19-31-49(32-20-40)61(50-33-21-41(22-34-50)17-26-47-29-38-53(59-56-47)44-12-6-2-7-13-44)51-35-23-42(24-36-51)18-27-48-30-39-54(60-57-48)45-14-8-3-9-15-45/h1-15,19-24,28-39H. The summed E-state index contributed by atoms with van der Waals surface area (Å²) in [5.74, 6) is 19.2. The predicted octanol–water partition coefficient (Wildman–Crippen LogP) is 10.7. The molecule has 9 aromatic rings. The van der Waals surface area contributed by atoms with E-state index in [0.717, 1.165) is 67.5 Å². The molecule has 0 bridgehead atoms. The minimum atomic E-state index is 0.601. The van der Waals surface area contributed by atoms with Crippen molar-refractivity contribution in [3.8, 4) is 69.3 Å². The molecule has 3 heterocycles. The van der Waals surface area contributed by atoms with Crippen molar-refractivity contribution in [2.75, 3.05) is 4.90 Å². The van der Waals surface area contributed by atoms with Crippen LogP contribution in [0.1, 0.15) is 33.8 Å². The minimum Gasteiger partial charge on any atom is -0.311 e. The molecule has 61 heavy (non-hydrogen) atoms. The van der Waals surface area contributed by atoms with E-state index in [2.05, 4.69) is 107 Å². The van der Waals surface area contributed by atoms with Gasteiger partial charge >= 0.3 is 0 Å². The Morgan fingerprint density at radius 2 is 0.525 bits per heavy atom. The second-order valence-electron chi connectivity index (χ2n) is 13.7. The van der Waals surface area contributed by atoms with Crippen LogP contribution in [0.2, 0.25) is 0 Å². The number of aromatic nitrogens is 6. The van der Waals surface area contributed by atoms with Crippen molar-refractivity contribution < 1.29 is 0 Å². The summed E-state index contributed by atoms with van der Waals surface area (Å²) < 4.78 is 0. The van der Waals surface area contributed by atoms with Gasteiger partial charge in [-0.15, -0.1) is 30.6 Å². The van der Waals surface area contributed by atoms with Crippen LogP contribution < -0.4 is 4.90 Å². The van der Waals surface area contributed by atoms with Crippen LogP contribution in [0.4, 0.5) is 17.1 Å². The molecule has 7 nitrogen and oxygen atoms in total. The maximum atomic E-state index is 4.37. The first-order valence-electron chi connectivity index (χ1n) is 19.5. The third kappa shape index (κ3) is 9.44. The van der Waals surface area contributed by atoms with Gasteiger partial charge in [0.2, 0.25) is 0 Å². The van der Waals surface area contributed by atoms with Gasteiger partial charge in [0, 0.05) is 50.4 Å². The quantitative estimate of drug-likeness (QED) is 0.155. The molecule has 0 fully saturated rings. The summed E-state index contributed by atoms with van der Waals surface area (Å²) in [5.41, 5.74) is 12.7. The van der Waals surface area contributed by atoms with Crippen LogP contribution in [0.3, 0.4) is 0 Å². The van der Waals surface area contributed by atoms with Gasteiger partial charge in [0.25, 0.3) is 0 Å². The number of hydrogen-bond acceptors (Lipinski definition) is 7. The topological polar surface area (TPSA) is 80.6 Å². The number of benzene rings is 6. The van der Waals surface area contributed by atoms with Crippen LogP contribution in [0.15, 0.2) is 200 Å². The molecule has 0 unspecified atom stereocenters. The van der Waals surface area contributed by atoms with E-state index in [9.17, 15) is 0 Å². The largest absolute Gasteiger partial charge is 0.311 e. The van der Waals surface area contributed by atoms with Gasteiger partial charge in [0.15, 0.2) is 0 Å².